The first kappa shape index (κ1) is 7.33. The molecular formula is C10H13. The van der Waals surface area contributed by atoms with Crippen LogP contribution >= 0.6 is 0 Å². The van der Waals surface area contributed by atoms with Gasteiger partial charge in [-0.1, -0.05) is 37.1 Å². The predicted molar refractivity (Wildman–Crippen MR) is 44.0 cm³/mol. The molecule has 0 aliphatic rings. The second-order valence-corrected chi connectivity index (χ2v) is 2.67. The average molecular weight is 133 g/mol. The van der Waals surface area contributed by atoms with E-state index in [1.54, 1.807) is 0 Å². The van der Waals surface area contributed by atoms with Crippen molar-refractivity contribution < 1.29 is 0 Å². The zero-order valence-corrected chi connectivity index (χ0v) is 6.65. The minimum Gasteiger partial charge on any atom is -0.0651 e. The highest BCUT2D eigenvalue weighted by atomic mass is 13.9. The van der Waals surface area contributed by atoms with Gasteiger partial charge in [0.25, 0.3) is 0 Å². The molecule has 0 heterocycles. The molecule has 0 bridgehead atoms. The zero-order chi connectivity index (χ0) is 7.40. The van der Waals surface area contributed by atoms with E-state index in [4.69, 9.17) is 0 Å². The van der Waals surface area contributed by atoms with Gasteiger partial charge in [-0.15, -0.1) is 0 Å². The van der Waals surface area contributed by atoms with Crippen LogP contribution in [-0.2, 0) is 6.42 Å². The lowest BCUT2D eigenvalue weighted by molar-refractivity contribution is 0.920. The van der Waals surface area contributed by atoms with E-state index in [1.807, 2.05) is 6.07 Å². The van der Waals surface area contributed by atoms with Crippen LogP contribution in [0.15, 0.2) is 18.2 Å². The summed E-state index contributed by atoms with van der Waals surface area (Å²) in [6, 6.07) is 9.42. The van der Waals surface area contributed by atoms with Crippen molar-refractivity contribution in [3.8, 4) is 0 Å². The summed E-state index contributed by atoms with van der Waals surface area (Å²) in [5, 5.41) is 0. The van der Waals surface area contributed by atoms with Crippen LogP contribution in [0.2, 0.25) is 0 Å². The Balaban J connectivity index is 2.75. The fourth-order valence-corrected chi connectivity index (χ4v) is 1.09. The highest BCUT2D eigenvalue weighted by molar-refractivity contribution is 5.21. The van der Waals surface area contributed by atoms with Crippen LogP contribution in [0.25, 0.3) is 0 Å². The molecule has 0 spiro atoms. The van der Waals surface area contributed by atoms with Gasteiger partial charge in [0.05, 0.1) is 0 Å². The summed E-state index contributed by atoms with van der Waals surface area (Å²) < 4.78 is 0. The molecule has 10 heavy (non-hydrogen) atoms. The van der Waals surface area contributed by atoms with Crippen LogP contribution < -0.4 is 0 Å². The van der Waals surface area contributed by atoms with Crippen molar-refractivity contribution in [2.24, 2.45) is 0 Å². The minimum atomic E-state index is 1.18. The molecule has 0 unspecified atom stereocenters. The number of benzene rings is 1. The third kappa shape index (κ3) is 1.87. The van der Waals surface area contributed by atoms with Crippen molar-refractivity contribution in [2.75, 3.05) is 0 Å². The van der Waals surface area contributed by atoms with Crippen LogP contribution in [0.1, 0.15) is 24.5 Å². The van der Waals surface area contributed by atoms with Crippen molar-refractivity contribution in [1.82, 2.24) is 0 Å². The molecular weight excluding hydrogens is 120 g/mol. The van der Waals surface area contributed by atoms with E-state index in [9.17, 15) is 0 Å². The Bertz CT molecular complexity index is 201. The van der Waals surface area contributed by atoms with E-state index >= 15 is 0 Å². The Morgan fingerprint density at radius 2 is 2.20 bits per heavy atom. The Labute approximate surface area is 62.9 Å². The quantitative estimate of drug-likeness (QED) is 0.582. The Kier molecular flexibility index (Phi) is 2.49. The molecule has 1 aromatic carbocycles. The van der Waals surface area contributed by atoms with Crippen LogP contribution in [-0.4, -0.2) is 0 Å². The highest BCUT2D eigenvalue weighted by Crippen LogP contribution is 2.04. The summed E-state index contributed by atoms with van der Waals surface area (Å²) >= 11 is 0. The first-order valence-electron chi connectivity index (χ1n) is 3.79. The number of hydrogen-bond donors (Lipinski definition) is 0. The second-order valence-electron chi connectivity index (χ2n) is 2.67. The van der Waals surface area contributed by atoms with Crippen molar-refractivity contribution in [1.29, 1.82) is 0 Å². The lowest BCUT2D eigenvalue weighted by Crippen LogP contribution is -1.82. The average Bonchev–Trinajstić information content (AvgIpc) is 1.88. The first-order valence-corrected chi connectivity index (χ1v) is 3.79. The largest absolute Gasteiger partial charge is 0.0651 e. The summed E-state index contributed by atoms with van der Waals surface area (Å²) in [6.45, 7) is 4.30. The topological polar surface area (TPSA) is 0 Å². The van der Waals surface area contributed by atoms with Gasteiger partial charge in [0.2, 0.25) is 0 Å². The molecule has 0 saturated carbocycles. The van der Waals surface area contributed by atoms with Crippen LogP contribution in [0.5, 0.6) is 0 Å². The van der Waals surface area contributed by atoms with Gasteiger partial charge in [0.15, 0.2) is 0 Å². The normalized spacial score (nSPS) is 9.80. The maximum Gasteiger partial charge on any atom is -0.0178 e. The zero-order valence-electron chi connectivity index (χ0n) is 6.65. The van der Waals surface area contributed by atoms with Gasteiger partial charge in [-0.05, 0) is 25.0 Å². The Hall–Kier alpha value is -0.780. The molecule has 0 aromatic heterocycles. The van der Waals surface area contributed by atoms with Gasteiger partial charge < -0.3 is 0 Å². The van der Waals surface area contributed by atoms with Crippen LogP contribution in [0, 0.1) is 13.0 Å². The summed E-state index contributed by atoms with van der Waals surface area (Å²) in [5.74, 6) is 0. The third-order valence-corrected chi connectivity index (χ3v) is 1.53. The van der Waals surface area contributed by atoms with Crippen molar-refractivity contribution >= 4 is 0 Å². The smallest absolute Gasteiger partial charge is 0.0178 e. The van der Waals surface area contributed by atoms with Crippen molar-refractivity contribution in [3.63, 3.8) is 0 Å². The summed E-state index contributed by atoms with van der Waals surface area (Å²) in [5.41, 5.74) is 2.72. The van der Waals surface area contributed by atoms with Crippen LogP contribution in [0.4, 0.5) is 0 Å². The lowest BCUT2D eigenvalue weighted by Gasteiger charge is -1.97. The first-order chi connectivity index (χ1) is 4.83. The molecule has 0 aliphatic carbocycles. The molecule has 0 saturated heterocycles. The molecule has 0 fully saturated rings. The SMILES string of the molecule is CCCc1c[c]cc(C)c1. The summed E-state index contributed by atoms with van der Waals surface area (Å²) in [7, 11) is 0. The van der Waals surface area contributed by atoms with Gasteiger partial charge in [-0.2, -0.15) is 0 Å². The van der Waals surface area contributed by atoms with Gasteiger partial charge in [0.1, 0.15) is 0 Å². The minimum absolute atomic E-state index is 1.18. The lowest BCUT2D eigenvalue weighted by atomic mass is 10.1. The monoisotopic (exact) mass is 133 g/mol. The molecule has 1 aromatic rings. The summed E-state index contributed by atoms with van der Waals surface area (Å²) in [6.07, 6.45) is 2.40. The molecule has 0 atom stereocenters. The van der Waals surface area contributed by atoms with Crippen molar-refractivity contribution in [3.05, 3.63) is 35.4 Å². The van der Waals surface area contributed by atoms with Crippen molar-refractivity contribution in [2.45, 2.75) is 26.7 Å². The summed E-state index contributed by atoms with van der Waals surface area (Å²) in [4.78, 5) is 0. The standard InChI is InChI=1S/C10H13/c1-3-5-10-7-4-6-9(2)8-10/h6-8H,3,5H2,1-2H3. The van der Waals surface area contributed by atoms with Gasteiger partial charge in [-0.25, -0.2) is 0 Å². The van der Waals surface area contributed by atoms with E-state index < -0.39 is 0 Å². The van der Waals surface area contributed by atoms with Gasteiger partial charge in [0, 0.05) is 0 Å². The van der Waals surface area contributed by atoms with E-state index in [1.165, 1.54) is 24.0 Å². The van der Waals surface area contributed by atoms with Gasteiger partial charge in [-0.3, -0.25) is 0 Å². The molecule has 0 N–H and O–H groups in total. The number of aryl methyl sites for hydroxylation is 2. The highest BCUT2D eigenvalue weighted by Gasteiger charge is 1.89. The fraction of sp³-hybridized carbons (Fsp3) is 0.400. The third-order valence-electron chi connectivity index (χ3n) is 1.53. The van der Waals surface area contributed by atoms with E-state index in [-0.39, 0.29) is 0 Å². The second kappa shape index (κ2) is 3.40. The maximum absolute atomic E-state index is 3.11. The van der Waals surface area contributed by atoms with E-state index in [0.29, 0.717) is 0 Å². The predicted octanol–water partition coefficient (Wildman–Crippen LogP) is 2.75. The number of rotatable bonds is 2. The maximum atomic E-state index is 3.11. The molecule has 0 heteroatoms. The van der Waals surface area contributed by atoms with E-state index in [0.717, 1.165) is 0 Å². The number of hydrogen-bond acceptors (Lipinski definition) is 0. The Morgan fingerprint density at radius 1 is 1.40 bits per heavy atom. The van der Waals surface area contributed by atoms with Gasteiger partial charge >= 0.3 is 0 Å². The molecule has 1 rings (SSSR count). The Morgan fingerprint density at radius 3 is 2.80 bits per heavy atom. The molecule has 53 valence electrons. The molecule has 0 nitrogen and oxygen atoms in total. The molecule has 0 aliphatic heterocycles. The van der Waals surface area contributed by atoms with Crippen LogP contribution in [0.3, 0.4) is 0 Å². The van der Waals surface area contributed by atoms with E-state index in [2.05, 4.69) is 32.0 Å². The molecule has 1 radical (unpaired) electrons. The molecule has 0 amide bonds. The fourth-order valence-electron chi connectivity index (χ4n) is 1.09.